The largest absolute Gasteiger partial charge is 0.228 e. The number of rotatable bonds is 5. The van der Waals surface area contributed by atoms with E-state index >= 15 is 0 Å². The summed E-state index contributed by atoms with van der Waals surface area (Å²) < 4.78 is 1.28. The Kier molecular flexibility index (Phi) is 7.51. The molecule has 0 aliphatic carbocycles. The van der Waals surface area contributed by atoms with Gasteiger partial charge >= 0.3 is 0 Å². The lowest BCUT2D eigenvalue weighted by Crippen LogP contribution is -1.97. The van der Waals surface area contributed by atoms with Gasteiger partial charge in [-0.05, 0) is 118 Å². The van der Waals surface area contributed by atoms with Gasteiger partial charge in [0, 0.05) is 31.8 Å². The van der Waals surface area contributed by atoms with E-state index in [0.29, 0.717) is 5.82 Å². The molecule has 0 atom stereocenters. The summed E-state index contributed by atoms with van der Waals surface area (Å²) in [4.78, 5) is 11.8. The summed E-state index contributed by atoms with van der Waals surface area (Å²) in [5, 5.41) is 16.6. The quantitative estimate of drug-likeness (QED) is 0.162. The molecule has 0 bridgehead atoms. The van der Waals surface area contributed by atoms with Gasteiger partial charge in [-0.25, -0.2) is 9.97 Å². The Morgan fingerprint density at radius 3 is 1.56 bits per heavy atom. The lowest BCUT2D eigenvalue weighted by molar-refractivity contribution is 1.18. The van der Waals surface area contributed by atoms with Crippen LogP contribution in [0.4, 0.5) is 0 Å². The topological polar surface area (TPSA) is 25.8 Å². The highest BCUT2D eigenvalue weighted by molar-refractivity contribution is 7.22. The first-order valence-electron chi connectivity index (χ1n) is 20.8. The van der Waals surface area contributed by atoms with Crippen LogP contribution in [0, 0.1) is 0 Å². The van der Waals surface area contributed by atoms with Crippen molar-refractivity contribution in [1.29, 1.82) is 0 Å². The van der Waals surface area contributed by atoms with Crippen molar-refractivity contribution in [2.45, 2.75) is 0 Å². The second-order valence-electron chi connectivity index (χ2n) is 16.1. The number of aromatic nitrogens is 2. The highest BCUT2D eigenvalue weighted by atomic mass is 32.1. The highest BCUT2D eigenvalue weighted by Crippen LogP contribution is 2.45. The zero-order chi connectivity index (χ0) is 40.0. The van der Waals surface area contributed by atoms with Crippen LogP contribution in [0.1, 0.15) is 0 Å². The number of fused-ring (bicyclic) bond motifs is 3. The van der Waals surface area contributed by atoms with E-state index in [1.54, 1.807) is 0 Å². The first-order valence-corrected chi connectivity index (χ1v) is 21.6. The molecule has 2 aromatic heterocycles. The maximum Gasteiger partial charge on any atom is 0.160 e. The minimum atomic E-state index is 0.706. The van der Waals surface area contributed by atoms with Gasteiger partial charge in [0.1, 0.15) is 0 Å². The Labute approximate surface area is 356 Å². The Hall–Kier alpha value is -7.72. The standard InChI is InChI=1S/C58H34N2S/c1-2-12-38(13-3-1)58-59-50(34-51(60-58)44-20-5-6-21-45(44)53-33-41-14-4-7-25-52(41)61-53)40-19-8-18-39(30-40)43-31-42-29-28-37-16-10-23-47-46-22-9-15-35-26-27-36-17-11-24-48(56(36)54(35)46)49(32-43)57(42)55(37)47/h1-34H. The summed E-state index contributed by atoms with van der Waals surface area (Å²) >= 11 is 1.82. The molecule has 3 heteroatoms. The molecule has 13 aromatic rings. The van der Waals surface area contributed by atoms with Crippen molar-refractivity contribution in [3.8, 4) is 55.5 Å². The van der Waals surface area contributed by atoms with Crippen LogP contribution < -0.4 is 0 Å². The van der Waals surface area contributed by atoms with Crippen LogP contribution in [0.15, 0.2) is 206 Å². The molecule has 0 radical (unpaired) electrons. The predicted octanol–water partition coefficient (Wildman–Crippen LogP) is 16.4. The summed E-state index contributed by atoms with van der Waals surface area (Å²) in [5.41, 5.74) is 8.38. The zero-order valence-electron chi connectivity index (χ0n) is 32.9. The molecule has 0 unspecified atom stereocenters. The summed E-state index contributed by atoms with van der Waals surface area (Å²) in [6, 6.07) is 75.3. The van der Waals surface area contributed by atoms with Crippen molar-refractivity contribution in [2.75, 3.05) is 0 Å². The molecule has 0 aliphatic rings. The number of hydrogen-bond acceptors (Lipinski definition) is 3. The fraction of sp³-hybridized carbons (Fsp3) is 0. The number of hydrogen-bond donors (Lipinski definition) is 0. The van der Waals surface area contributed by atoms with Gasteiger partial charge in [-0.1, -0.05) is 170 Å². The SMILES string of the molecule is c1ccc(-c2nc(-c3cccc(-c4cc5ccc6cccc7c8cccc9ccc%10cccc(c(c4)c5c67)c%10c98)c3)cc(-c3ccccc3-c3cc4ccccc4s3)n2)cc1. The van der Waals surface area contributed by atoms with Gasteiger partial charge in [0.2, 0.25) is 0 Å². The Bertz CT molecular complexity index is 3840. The van der Waals surface area contributed by atoms with Crippen LogP contribution >= 0.6 is 11.3 Å². The van der Waals surface area contributed by atoms with E-state index in [-0.39, 0.29) is 0 Å². The van der Waals surface area contributed by atoms with Crippen LogP contribution in [0.5, 0.6) is 0 Å². The van der Waals surface area contributed by atoms with Crippen LogP contribution in [0.25, 0.3) is 130 Å². The molecule has 0 saturated heterocycles. The maximum absolute atomic E-state index is 5.28. The summed E-state index contributed by atoms with van der Waals surface area (Å²) in [5.74, 6) is 0.706. The molecule has 0 saturated carbocycles. The second-order valence-corrected chi connectivity index (χ2v) is 17.2. The van der Waals surface area contributed by atoms with Crippen LogP contribution in [0.2, 0.25) is 0 Å². The Morgan fingerprint density at radius 1 is 0.295 bits per heavy atom. The minimum absolute atomic E-state index is 0.706. The number of thiophene rings is 1. The summed E-state index contributed by atoms with van der Waals surface area (Å²) in [7, 11) is 0. The molecule has 2 nitrogen and oxygen atoms in total. The minimum Gasteiger partial charge on any atom is -0.228 e. The molecular formula is C58H34N2S. The normalized spacial score (nSPS) is 11.9. The smallest absolute Gasteiger partial charge is 0.160 e. The monoisotopic (exact) mass is 790 g/mol. The Balaban J connectivity index is 1.04. The van der Waals surface area contributed by atoms with Gasteiger partial charge in [-0.2, -0.15) is 0 Å². The van der Waals surface area contributed by atoms with Gasteiger partial charge in [0.25, 0.3) is 0 Å². The third kappa shape index (κ3) is 5.41. The molecule has 0 spiro atoms. The average molecular weight is 791 g/mol. The van der Waals surface area contributed by atoms with Crippen molar-refractivity contribution in [1.82, 2.24) is 9.97 Å². The van der Waals surface area contributed by atoms with Crippen molar-refractivity contribution < 1.29 is 0 Å². The third-order valence-corrected chi connectivity index (χ3v) is 13.7. The average Bonchev–Trinajstić information content (AvgIpc) is 3.77. The molecular weight excluding hydrogens is 757 g/mol. The number of nitrogens with zero attached hydrogens (tertiary/aromatic N) is 2. The van der Waals surface area contributed by atoms with E-state index < -0.39 is 0 Å². The van der Waals surface area contributed by atoms with Crippen molar-refractivity contribution >= 4 is 86.1 Å². The molecule has 0 N–H and O–H groups in total. The van der Waals surface area contributed by atoms with E-state index in [2.05, 4.69) is 200 Å². The lowest BCUT2D eigenvalue weighted by atomic mass is 9.86. The highest BCUT2D eigenvalue weighted by Gasteiger charge is 2.19. The first kappa shape index (κ1) is 34.2. The van der Waals surface area contributed by atoms with Gasteiger partial charge < -0.3 is 0 Å². The predicted molar refractivity (Wildman–Crippen MR) is 261 cm³/mol. The van der Waals surface area contributed by atoms with E-state index in [9.17, 15) is 0 Å². The van der Waals surface area contributed by atoms with Gasteiger partial charge in [0.15, 0.2) is 5.82 Å². The molecule has 2 heterocycles. The first-order chi connectivity index (χ1) is 30.2. The van der Waals surface area contributed by atoms with E-state index in [1.165, 1.54) is 90.7 Å². The molecule has 11 aromatic carbocycles. The molecule has 0 fully saturated rings. The molecule has 61 heavy (non-hydrogen) atoms. The second kappa shape index (κ2) is 13.4. The summed E-state index contributed by atoms with van der Waals surface area (Å²) in [6.45, 7) is 0. The van der Waals surface area contributed by atoms with Crippen LogP contribution in [-0.4, -0.2) is 9.97 Å². The van der Waals surface area contributed by atoms with Crippen LogP contribution in [-0.2, 0) is 0 Å². The van der Waals surface area contributed by atoms with Crippen molar-refractivity contribution in [2.24, 2.45) is 0 Å². The van der Waals surface area contributed by atoms with Crippen molar-refractivity contribution in [3.63, 3.8) is 0 Å². The van der Waals surface area contributed by atoms with Gasteiger partial charge in [0.05, 0.1) is 11.4 Å². The van der Waals surface area contributed by atoms with E-state index in [1.807, 2.05) is 17.4 Å². The lowest BCUT2D eigenvalue weighted by Gasteiger charge is -2.17. The fourth-order valence-corrected chi connectivity index (χ4v) is 10.9. The summed E-state index contributed by atoms with van der Waals surface area (Å²) in [6.07, 6.45) is 0. The molecule has 0 amide bonds. The maximum atomic E-state index is 5.28. The van der Waals surface area contributed by atoms with E-state index in [4.69, 9.17) is 9.97 Å². The number of benzene rings is 10. The van der Waals surface area contributed by atoms with Gasteiger partial charge in [-0.3, -0.25) is 0 Å². The third-order valence-electron chi connectivity index (χ3n) is 12.6. The molecule has 13 rings (SSSR count). The molecule has 282 valence electrons. The zero-order valence-corrected chi connectivity index (χ0v) is 33.7. The van der Waals surface area contributed by atoms with E-state index in [0.717, 1.165) is 33.6 Å². The van der Waals surface area contributed by atoms with Crippen molar-refractivity contribution in [3.05, 3.63) is 206 Å². The molecule has 0 aliphatic heterocycles. The Morgan fingerprint density at radius 2 is 0.836 bits per heavy atom. The fourth-order valence-electron chi connectivity index (χ4n) is 9.79. The van der Waals surface area contributed by atoms with Crippen LogP contribution in [0.3, 0.4) is 0 Å². The van der Waals surface area contributed by atoms with Gasteiger partial charge in [-0.15, -0.1) is 11.3 Å².